The van der Waals surface area contributed by atoms with E-state index in [0.717, 1.165) is 22.3 Å². The van der Waals surface area contributed by atoms with Crippen LogP contribution >= 0.6 is 0 Å². The summed E-state index contributed by atoms with van der Waals surface area (Å²) in [6.45, 7) is 1.84. The van der Waals surface area contributed by atoms with E-state index in [4.69, 9.17) is 5.11 Å². The van der Waals surface area contributed by atoms with E-state index in [1.165, 1.54) is 12.1 Å². The second kappa shape index (κ2) is 11.2. The molecule has 1 aromatic heterocycles. The number of allylic oxidation sites excluding steroid dienone is 1. The maximum atomic E-state index is 12.5. The maximum absolute atomic E-state index is 12.5. The zero-order valence-corrected chi connectivity index (χ0v) is 19.4. The summed E-state index contributed by atoms with van der Waals surface area (Å²) in [5.74, 6) is -0.853. The minimum Gasteiger partial charge on any atom is -0.481 e. The number of unbranched alkanes of at least 4 members (excludes halogenated alkanes) is 1. The molecule has 2 aromatic carbocycles. The molecular weight excluding hydrogens is 454 g/mol. The highest BCUT2D eigenvalue weighted by atomic mass is 32.2. The number of amides is 2. The zero-order chi connectivity index (χ0) is 24.6. The molecule has 0 aliphatic heterocycles. The number of urea groups is 1. The molecule has 1 heterocycles. The predicted octanol–water partition coefficient (Wildman–Crippen LogP) is 4.59. The van der Waals surface area contributed by atoms with E-state index in [9.17, 15) is 18.0 Å². The quantitative estimate of drug-likeness (QED) is 0.386. The molecule has 0 saturated carbocycles. The van der Waals surface area contributed by atoms with E-state index in [-0.39, 0.29) is 11.3 Å². The highest BCUT2D eigenvalue weighted by molar-refractivity contribution is 7.90. The average molecular weight is 480 g/mol. The van der Waals surface area contributed by atoms with Gasteiger partial charge in [0, 0.05) is 30.1 Å². The molecule has 3 rings (SSSR count). The smallest absolute Gasteiger partial charge is 0.333 e. The first-order valence-corrected chi connectivity index (χ1v) is 12.1. The van der Waals surface area contributed by atoms with Crippen molar-refractivity contribution in [2.75, 3.05) is 5.32 Å². The number of nitrogens with zero attached hydrogens (tertiary/aromatic N) is 1. The standard InChI is InChI=1S/C25H25N3O5S/c1-18-11-13-22(14-12-18)34(32,33)28-25(31)27-21-8-4-6-19(16-21)23(9-2-3-10-24(29)30)20-7-5-15-26-17-20/h4-9,11-17H,2-3,10H2,1H3,(H,29,30)(H2,27,28,31)/b23-9-. The number of anilines is 1. The molecule has 3 aromatic rings. The Morgan fingerprint density at radius 3 is 2.44 bits per heavy atom. The van der Waals surface area contributed by atoms with Crippen molar-refractivity contribution >= 4 is 33.3 Å². The normalized spacial score (nSPS) is 11.6. The molecule has 0 unspecified atom stereocenters. The van der Waals surface area contributed by atoms with Crippen LogP contribution in [-0.4, -0.2) is 30.5 Å². The van der Waals surface area contributed by atoms with Crippen molar-refractivity contribution < 1.29 is 23.1 Å². The predicted molar refractivity (Wildman–Crippen MR) is 130 cm³/mol. The third kappa shape index (κ3) is 7.01. The number of aromatic nitrogens is 1. The molecule has 8 nitrogen and oxygen atoms in total. The van der Waals surface area contributed by atoms with Gasteiger partial charge in [0.25, 0.3) is 10.0 Å². The van der Waals surface area contributed by atoms with Gasteiger partial charge >= 0.3 is 12.0 Å². The van der Waals surface area contributed by atoms with Crippen LogP contribution in [0.2, 0.25) is 0 Å². The fraction of sp³-hybridized carbons (Fsp3) is 0.160. The average Bonchev–Trinajstić information content (AvgIpc) is 2.79. The van der Waals surface area contributed by atoms with Crippen LogP contribution in [0, 0.1) is 6.92 Å². The number of carboxylic acid groups (broad SMARTS) is 1. The van der Waals surface area contributed by atoms with Gasteiger partial charge in [0.2, 0.25) is 0 Å². The SMILES string of the molecule is Cc1ccc(S(=O)(=O)NC(=O)Nc2cccc(/C(=C/CCCC(=O)O)c3cccnc3)c2)cc1. The lowest BCUT2D eigenvalue weighted by atomic mass is 9.97. The highest BCUT2D eigenvalue weighted by Crippen LogP contribution is 2.26. The zero-order valence-electron chi connectivity index (χ0n) is 18.6. The monoisotopic (exact) mass is 479 g/mol. The van der Waals surface area contributed by atoms with E-state index in [0.29, 0.717) is 18.5 Å². The summed E-state index contributed by atoms with van der Waals surface area (Å²) < 4.78 is 27.0. The van der Waals surface area contributed by atoms with Crippen LogP contribution in [0.5, 0.6) is 0 Å². The molecule has 0 bridgehead atoms. The van der Waals surface area contributed by atoms with Gasteiger partial charge in [-0.3, -0.25) is 9.78 Å². The lowest BCUT2D eigenvalue weighted by Gasteiger charge is -2.12. The fourth-order valence-corrected chi connectivity index (χ4v) is 4.15. The number of sulfonamides is 1. The molecule has 2 amide bonds. The second-order valence-corrected chi connectivity index (χ2v) is 9.28. The van der Waals surface area contributed by atoms with Crippen molar-refractivity contribution in [3.05, 3.63) is 95.8 Å². The number of rotatable bonds is 9. The Balaban J connectivity index is 1.78. The van der Waals surface area contributed by atoms with Crippen molar-refractivity contribution in [3.8, 4) is 0 Å². The molecule has 0 aliphatic carbocycles. The summed E-state index contributed by atoms with van der Waals surface area (Å²) >= 11 is 0. The lowest BCUT2D eigenvalue weighted by Crippen LogP contribution is -2.34. The van der Waals surface area contributed by atoms with Crippen LogP contribution in [0.1, 0.15) is 36.0 Å². The van der Waals surface area contributed by atoms with Crippen LogP contribution in [0.25, 0.3) is 5.57 Å². The molecular formula is C25H25N3O5S. The number of carbonyl (C=O) groups is 2. The van der Waals surface area contributed by atoms with Crippen molar-refractivity contribution in [3.63, 3.8) is 0 Å². The van der Waals surface area contributed by atoms with Gasteiger partial charge in [-0.25, -0.2) is 17.9 Å². The fourth-order valence-electron chi connectivity index (χ4n) is 3.24. The van der Waals surface area contributed by atoms with Gasteiger partial charge in [0.1, 0.15) is 0 Å². The van der Waals surface area contributed by atoms with E-state index < -0.39 is 22.0 Å². The molecule has 0 radical (unpaired) electrons. The van der Waals surface area contributed by atoms with Gasteiger partial charge < -0.3 is 10.4 Å². The van der Waals surface area contributed by atoms with Crippen molar-refractivity contribution in [1.82, 2.24) is 9.71 Å². The minimum absolute atomic E-state index is 0.00911. The summed E-state index contributed by atoms with van der Waals surface area (Å²) in [6.07, 6.45) is 6.38. The van der Waals surface area contributed by atoms with Gasteiger partial charge in [0.05, 0.1) is 4.90 Å². The van der Waals surface area contributed by atoms with Crippen LogP contribution in [0.15, 0.2) is 84.0 Å². The van der Waals surface area contributed by atoms with Crippen LogP contribution in [-0.2, 0) is 14.8 Å². The molecule has 176 valence electrons. The van der Waals surface area contributed by atoms with Crippen molar-refractivity contribution in [1.29, 1.82) is 0 Å². The Kier molecular flexibility index (Phi) is 8.15. The van der Waals surface area contributed by atoms with E-state index in [2.05, 4.69) is 10.3 Å². The Bertz CT molecular complexity index is 1290. The van der Waals surface area contributed by atoms with Gasteiger partial charge in [-0.15, -0.1) is 0 Å². The first-order chi connectivity index (χ1) is 16.2. The molecule has 0 saturated heterocycles. The summed E-state index contributed by atoms with van der Waals surface area (Å²) in [5, 5.41) is 11.4. The van der Waals surface area contributed by atoms with E-state index >= 15 is 0 Å². The molecule has 0 atom stereocenters. The highest BCUT2D eigenvalue weighted by Gasteiger charge is 2.17. The van der Waals surface area contributed by atoms with Gasteiger partial charge in [-0.2, -0.15) is 0 Å². The number of aliphatic carboxylic acids is 1. The number of nitrogens with one attached hydrogen (secondary N) is 2. The summed E-state index contributed by atoms with van der Waals surface area (Å²) in [4.78, 5) is 27.4. The molecule has 0 aliphatic rings. The van der Waals surface area contributed by atoms with Crippen LogP contribution in [0.4, 0.5) is 10.5 Å². The number of hydrogen-bond donors (Lipinski definition) is 3. The Morgan fingerprint density at radius 1 is 1.03 bits per heavy atom. The topological polar surface area (TPSA) is 125 Å². The Morgan fingerprint density at radius 2 is 1.76 bits per heavy atom. The van der Waals surface area contributed by atoms with Gasteiger partial charge in [-0.05, 0) is 61.2 Å². The Labute approximate surface area is 198 Å². The number of benzene rings is 2. The van der Waals surface area contributed by atoms with E-state index in [1.54, 1.807) is 48.8 Å². The molecule has 3 N–H and O–H groups in total. The third-order valence-electron chi connectivity index (χ3n) is 4.91. The summed E-state index contributed by atoms with van der Waals surface area (Å²) in [7, 11) is -4.02. The van der Waals surface area contributed by atoms with Gasteiger partial charge in [-0.1, -0.05) is 42.0 Å². The number of hydrogen-bond acceptors (Lipinski definition) is 5. The third-order valence-corrected chi connectivity index (χ3v) is 6.25. The number of aryl methyl sites for hydroxylation is 1. The van der Waals surface area contributed by atoms with E-state index in [1.807, 2.05) is 29.9 Å². The molecule has 0 fully saturated rings. The first-order valence-electron chi connectivity index (χ1n) is 10.6. The lowest BCUT2D eigenvalue weighted by molar-refractivity contribution is -0.137. The number of carboxylic acids is 1. The van der Waals surface area contributed by atoms with Crippen molar-refractivity contribution in [2.45, 2.75) is 31.1 Å². The molecule has 9 heteroatoms. The number of pyridine rings is 1. The van der Waals surface area contributed by atoms with Crippen LogP contribution < -0.4 is 10.0 Å². The Hall–Kier alpha value is -3.98. The first kappa shape index (κ1) is 24.7. The largest absolute Gasteiger partial charge is 0.481 e. The number of carbonyl (C=O) groups excluding carboxylic acids is 1. The maximum Gasteiger partial charge on any atom is 0.333 e. The van der Waals surface area contributed by atoms with Crippen molar-refractivity contribution in [2.24, 2.45) is 0 Å². The molecule has 0 spiro atoms. The molecule has 34 heavy (non-hydrogen) atoms. The van der Waals surface area contributed by atoms with Gasteiger partial charge in [0.15, 0.2) is 0 Å². The summed E-state index contributed by atoms with van der Waals surface area (Å²) in [5.41, 5.74) is 3.73. The summed E-state index contributed by atoms with van der Waals surface area (Å²) in [6, 6.07) is 15.9. The van der Waals surface area contributed by atoms with Crippen LogP contribution in [0.3, 0.4) is 0 Å². The second-order valence-electron chi connectivity index (χ2n) is 7.60. The minimum atomic E-state index is -4.02.